The molecule has 1 aromatic carbocycles. The topological polar surface area (TPSA) is 26.3 Å². The van der Waals surface area contributed by atoms with Gasteiger partial charge in [-0.1, -0.05) is 17.7 Å². The minimum atomic E-state index is -0.381. The molecule has 0 heterocycles. The van der Waals surface area contributed by atoms with Gasteiger partial charge in [-0.2, -0.15) is 0 Å². The number of allylic oxidation sites excluding steroid dienone is 2. The lowest BCUT2D eigenvalue weighted by atomic mass is 9.71. The minimum absolute atomic E-state index is 0.120. The third-order valence-electron chi connectivity index (χ3n) is 4.53. The van der Waals surface area contributed by atoms with Crippen molar-refractivity contribution in [3.63, 3.8) is 0 Å². The van der Waals surface area contributed by atoms with Gasteiger partial charge in [-0.15, -0.1) is 0 Å². The molecule has 0 spiro atoms. The van der Waals surface area contributed by atoms with Crippen molar-refractivity contribution in [3.05, 3.63) is 34.4 Å². The average molecular weight is 295 g/mol. The number of carbonyl (C=O) groups is 1. The molecule has 3 rings (SSSR count). The number of benzene rings is 1. The van der Waals surface area contributed by atoms with E-state index >= 15 is 0 Å². The summed E-state index contributed by atoms with van der Waals surface area (Å²) in [6.07, 6.45) is 4.02. The molecule has 0 amide bonds. The standard InChI is InChI=1S/C16H16ClFO2/c1-20-14-3-2-11-12(15(14)17)9-16(6-7-18)5-4-10(19)8-13(11)16/h2-3,8H,4-7,9H2,1H3/t16-/m0/s1. The smallest absolute Gasteiger partial charge is 0.156 e. The molecule has 2 aliphatic carbocycles. The normalized spacial score (nSPS) is 24.1. The third kappa shape index (κ3) is 1.87. The molecule has 0 aromatic heterocycles. The fourth-order valence-corrected chi connectivity index (χ4v) is 3.79. The second kappa shape index (κ2) is 4.88. The van der Waals surface area contributed by atoms with Crippen LogP contribution in [0.25, 0.3) is 5.57 Å². The first-order valence-corrected chi connectivity index (χ1v) is 7.16. The van der Waals surface area contributed by atoms with Crippen molar-refractivity contribution in [1.82, 2.24) is 0 Å². The maximum atomic E-state index is 13.0. The van der Waals surface area contributed by atoms with E-state index in [2.05, 4.69) is 0 Å². The highest BCUT2D eigenvalue weighted by molar-refractivity contribution is 6.33. The van der Waals surface area contributed by atoms with Gasteiger partial charge in [-0.25, -0.2) is 0 Å². The molecule has 0 aliphatic heterocycles. The summed E-state index contributed by atoms with van der Waals surface area (Å²) in [6, 6.07) is 3.75. The van der Waals surface area contributed by atoms with Gasteiger partial charge >= 0.3 is 0 Å². The van der Waals surface area contributed by atoms with Crippen LogP contribution in [0, 0.1) is 5.41 Å². The predicted octanol–water partition coefficient (Wildman–Crippen LogP) is 4.00. The lowest BCUT2D eigenvalue weighted by Crippen LogP contribution is -2.26. The second-order valence-corrected chi connectivity index (χ2v) is 5.91. The average Bonchev–Trinajstić information content (AvgIpc) is 2.75. The molecule has 0 fully saturated rings. The zero-order valence-electron chi connectivity index (χ0n) is 11.3. The number of alkyl halides is 1. The molecule has 0 N–H and O–H groups in total. The van der Waals surface area contributed by atoms with Crippen LogP contribution in [0.2, 0.25) is 5.02 Å². The van der Waals surface area contributed by atoms with E-state index < -0.39 is 0 Å². The van der Waals surface area contributed by atoms with Gasteiger partial charge < -0.3 is 4.74 Å². The number of rotatable bonds is 3. The molecular formula is C16H16ClFO2. The Morgan fingerprint density at radius 2 is 2.25 bits per heavy atom. The van der Waals surface area contributed by atoms with Gasteiger partial charge in [-0.05, 0) is 48.1 Å². The van der Waals surface area contributed by atoms with Crippen LogP contribution in [0.1, 0.15) is 30.4 Å². The lowest BCUT2D eigenvalue weighted by Gasteiger charge is -2.32. The molecule has 2 nitrogen and oxygen atoms in total. The van der Waals surface area contributed by atoms with Crippen molar-refractivity contribution in [3.8, 4) is 5.75 Å². The van der Waals surface area contributed by atoms with Gasteiger partial charge in [0.1, 0.15) is 5.75 Å². The lowest BCUT2D eigenvalue weighted by molar-refractivity contribution is -0.115. The maximum Gasteiger partial charge on any atom is 0.156 e. The Labute approximate surface area is 122 Å². The Bertz CT molecular complexity index is 609. The van der Waals surface area contributed by atoms with Gasteiger partial charge in [0.15, 0.2) is 5.78 Å². The Morgan fingerprint density at radius 1 is 1.45 bits per heavy atom. The van der Waals surface area contributed by atoms with Crippen LogP contribution in [-0.4, -0.2) is 19.6 Å². The fraction of sp³-hybridized carbons (Fsp3) is 0.438. The van der Waals surface area contributed by atoms with E-state index in [1.807, 2.05) is 12.1 Å². The number of halogens is 2. The molecular weight excluding hydrogens is 279 g/mol. The van der Waals surface area contributed by atoms with E-state index in [-0.39, 0.29) is 17.9 Å². The fourth-order valence-electron chi connectivity index (χ4n) is 3.48. The molecule has 20 heavy (non-hydrogen) atoms. The number of fused-ring (bicyclic) bond motifs is 3. The van der Waals surface area contributed by atoms with E-state index in [4.69, 9.17) is 16.3 Å². The molecule has 0 bridgehead atoms. The van der Waals surface area contributed by atoms with Gasteiger partial charge in [0.25, 0.3) is 0 Å². The summed E-state index contributed by atoms with van der Waals surface area (Å²) in [4.78, 5) is 11.7. The Hall–Kier alpha value is -1.35. The molecule has 0 saturated heterocycles. The zero-order valence-corrected chi connectivity index (χ0v) is 12.1. The predicted molar refractivity (Wildman–Crippen MR) is 77.0 cm³/mol. The SMILES string of the molecule is COc1ccc2c(c1Cl)C[C@@]1(CCF)CCC(=O)C=C21. The summed E-state index contributed by atoms with van der Waals surface area (Å²) in [6.45, 7) is -0.381. The van der Waals surface area contributed by atoms with Gasteiger partial charge in [0.05, 0.1) is 18.8 Å². The Morgan fingerprint density at radius 3 is 2.95 bits per heavy atom. The number of hydrogen-bond donors (Lipinski definition) is 0. The summed E-state index contributed by atoms with van der Waals surface area (Å²) in [7, 11) is 1.58. The van der Waals surface area contributed by atoms with Gasteiger partial charge in [0.2, 0.25) is 0 Å². The van der Waals surface area contributed by atoms with Crippen LogP contribution in [0.3, 0.4) is 0 Å². The molecule has 2 aliphatic rings. The molecule has 0 saturated carbocycles. The van der Waals surface area contributed by atoms with Crippen LogP contribution >= 0.6 is 11.6 Å². The van der Waals surface area contributed by atoms with Crippen LogP contribution in [0.4, 0.5) is 4.39 Å². The number of ketones is 1. The van der Waals surface area contributed by atoms with Crippen molar-refractivity contribution >= 4 is 23.0 Å². The molecule has 0 unspecified atom stereocenters. The maximum absolute atomic E-state index is 13.0. The Kier molecular flexibility index (Phi) is 3.33. The highest BCUT2D eigenvalue weighted by Crippen LogP contribution is 2.56. The molecule has 1 aromatic rings. The minimum Gasteiger partial charge on any atom is -0.495 e. The van der Waals surface area contributed by atoms with Crippen molar-refractivity contribution in [2.45, 2.75) is 25.7 Å². The largest absolute Gasteiger partial charge is 0.495 e. The highest BCUT2D eigenvalue weighted by Gasteiger charge is 2.45. The van der Waals surface area contributed by atoms with Crippen molar-refractivity contribution < 1.29 is 13.9 Å². The van der Waals surface area contributed by atoms with Crippen LogP contribution in [0.5, 0.6) is 5.75 Å². The van der Waals surface area contributed by atoms with E-state index in [1.54, 1.807) is 13.2 Å². The van der Waals surface area contributed by atoms with Crippen LogP contribution in [-0.2, 0) is 11.2 Å². The summed E-state index contributed by atoms with van der Waals surface area (Å²) in [5.74, 6) is 0.751. The summed E-state index contributed by atoms with van der Waals surface area (Å²) in [5, 5.41) is 0.589. The first kappa shape index (κ1) is 13.6. The van der Waals surface area contributed by atoms with Crippen molar-refractivity contribution in [2.75, 3.05) is 13.8 Å². The van der Waals surface area contributed by atoms with Gasteiger partial charge in [-0.3, -0.25) is 9.18 Å². The molecule has 106 valence electrons. The van der Waals surface area contributed by atoms with E-state index in [0.717, 1.165) is 16.7 Å². The zero-order chi connectivity index (χ0) is 14.3. The van der Waals surface area contributed by atoms with E-state index in [0.29, 0.717) is 36.5 Å². The second-order valence-electron chi connectivity index (χ2n) is 5.53. The number of carbonyl (C=O) groups excluding carboxylic acids is 1. The van der Waals surface area contributed by atoms with Crippen LogP contribution < -0.4 is 4.74 Å². The number of hydrogen-bond acceptors (Lipinski definition) is 2. The van der Waals surface area contributed by atoms with Crippen molar-refractivity contribution in [2.24, 2.45) is 5.41 Å². The molecule has 4 heteroatoms. The monoisotopic (exact) mass is 294 g/mol. The van der Waals surface area contributed by atoms with E-state index in [1.165, 1.54) is 0 Å². The number of methoxy groups -OCH3 is 1. The van der Waals surface area contributed by atoms with Gasteiger partial charge in [0, 0.05) is 11.8 Å². The highest BCUT2D eigenvalue weighted by atomic mass is 35.5. The summed E-state index contributed by atoms with van der Waals surface area (Å²) in [5.41, 5.74) is 2.67. The third-order valence-corrected chi connectivity index (χ3v) is 4.95. The van der Waals surface area contributed by atoms with Crippen LogP contribution in [0.15, 0.2) is 18.2 Å². The summed E-state index contributed by atoms with van der Waals surface area (Å²) >= 11 is 6.39. The first-order valence-electron chi connectivity index (χ1n) is 6.78. The summed E-state index contributed by atoms with van der Waals surface area (Å²) < 4.78 is 18.3. The molecule has 0 radical (unpaired) electrons. The first-order chi connectivity index (χ1) is 9.61. The molecule has 1 atom stereocenters. The number of ether oxygens (including phenoxy) is 1. The Balaban J connectivity index is 2.16. The quantitative estimate of drug-likeness (QED) is 0.842. The van der Waals surface area contributed by atoms with Crippen molar-refractivity contribution in [1.29, 1.82) is 0 Å². The van der Waals surface area contributed by atoms with E-state index in [9.17, 15) is 9.18 Å².